The maximum absolute atomic E-state index is 13.7. The average molecular weight is 253 g/mol. The summed E-state index contributed by atoms with van der Waals surface area (Å²) in [6.45, 7) is 2.95. The minimum atomic E-state index is -0.332. The summed E-state index contributed by atoms with van der Waals surface area (Å²) in [7, 11) is 3.34. The second-order valence-electron chi connectivity index (χ2n) is 4.76. The first kappa shape index (κ1) is 13.3. The molecule has 1 heterocycles. The highest BCUT2D eigenvalue weighted by atomic mass is 19.1. The fourth-order valence-corrected chi connectivity index (χ4v) is 2.54. The zero-order chi connectivity index (χ0) is 13.1. The van der Waals surface area contributed by atoms with Crippen molar-refractivity contribution in [2.45, 2.75) is 25.5 Å². The number of likely N-dealkylation sites (N-methyl/N-ethyl adjacent to an activating group) is 1. The minimum absolute atomic E-state index is 0.0166. The van der Waals surface area contributed by atoms with Crippen LogP contribution in [-0.4, -0.2) is 26.9 Å². The van der Waals surface area contributed by atoms with Crippen molar-refractivity contribution < 1.29 is 13.9 Å². The molecule has 1 N–H and O–H groups in total. The Morgan fingerprint density at radius 2 is 2.28 bits per heavy atom. The molecule has 2 rings (SSSR count). The van der Waals surface area contributed by atoms with E-state index in [9.17, 15) is 4.39 Å². The molecule has 0 bridgehead atoms. The van der Waals surface area contributed by atoms with Crippen LogP contribution in [0, 0.1) is 11.7 Å². The number of rotatable bonds is 4. The van der Waals surface area contributed by atoms with Crippen molar-refractivity contribution in [1.29, 1.82) is 0 Å². The van der Waals surface area contributed by atoms with Crippen molar-refractivity contribution in [3.05, 3.63) is 29.6 Å². The molecule has 0 aromatic heterocycles. The first-order valence-corrected chi connectivity index (χ1v) is 6.29. The van der Waals surface area contributed by atoms with Crippen LogP contribution in [-0.2, 0) is 4.74 Å². The standard InChI is InChI=1S/C14H20FNO2/c1-9-6-7-18-14(9)13(16-2)10-4-5-12(17-3)11(15)8-10/h4-5,8-9,13-14,16H,6-7H2,1-3H3. The molecule has 0 spiro atoms. The van der Waals surface area contributed by atoms with Crippen LogP contribution in [0.15, 0.2) is 18.2 Å². The van der Waals surface area contributed by atoms with Gasteiger partial charge in [0.15, 0.2) is 11.6 Å². The molecule has 100 valence electrons. The molecular formula is C14H20FNO2. The van der Waals surface area contributed by atoms with Crippen LogP contribution in [0.5, 0.6) is 5.75 Å². The zero-order valence-electron chi connectivity index (χ0n) is 11.1. The van der Waals surface area contributed by atoms with Crippen molar-refractivity contribution in [3.8, 4) is 5.75 Å². The van der Waals surface area contributed by atoms with E-state index in [4.69, 9.17) is 9.47 Å². The molecule has 1 fully saturated rings. The highest BCUT2D eigenvalue weighted by Crippen LogP contribution is 2.32. The van der Waals surface area contributed by atoms with Crippen LogP contribution in [0.25, 0.3) is 0 Å². The Bertz CT molecular complexity index is 411. The maximum Gasteiger partial charge on any atom is 0.165 e. The quantitative estimate of drug-likeness (QED) is 0.894. The first-order chi connectivity index (χ1) is 8.67. The molecule has 18 heavy (non-hydrogen) atoms. The van der Waals surface area contributed by atoms with Gasteiger partial charge < -0.3 is 14.8 Å². The van der Waals surface area contributed by atoms with E-state index in [1.807, 2.05) is 13.1 Å². The summed E-state index contributed by atoms with van der Waals surface area (Å²) < 4.78 is 24.4. The molecule has 4 heteroatoms. The number of ether oxygens (including phenoxy) is 2. The number of nitrogens with one attached hydrogen (secondary N) is 1. The number of hydrogen-bond donors (Lipinski definition) is 1. The van der Waals surface area contributed by atoms with Gasteiger partial charge in [0.25, 0.3) is 0 Å². The summed E-state index contributed by atoms with van der Waals surface area (Å²) in [5, 5.41) is 3.22. The van der Waals surface area contributed by atoms with Gasteiger partial charge in [0, 0.05) is 6.61 Å². The van der Waals surface area contributed by atoms with Crippen LogP contribution in [0.4, 0.5) is 4.39 Å². The van der Waals surface area contributed by atoms with Gasteiger partial charge in [0.05, 0.1) is 19.3 Å². The molecule has 1 aliphatic rings. The molecule has 0 aliphatic carbocycles. The highest BCUT2D eigenvalue weighted by Gasteiger charge is 2.32. The van der Waals surface area contributed by atoms with Crippen molar-refractivity contribution in [2.24, 2.45) is 5.92 Å². The summed E-state index contributed by atoms with van der Waals surface area (Å²) in [5.74, 6) is 0.419. The van der Waals surface area contributed by atoms with Gasteiger partial charge in [-0.05, 0) is 37.1 Å². The molecule has 1 aromatic carbocycles. The molecule has 1 aliphatic heterocycles. The zero-order valence-corrected chi connectivity index (χ0v) is 11.1. The topological polar surface area (TPSA) is 30.5 Å². The number of halogens is 1. The molecule has 0 saturated carbocycles. The lowest BCUT2D eigenvalue weighted by atomic mass is 9.92. The third-order valence-corrected chi connectivity index (χ3v) is 3.62. The second-order valence-corrected chi connectivity index (χ2v) is 4.76. The van der Waals surface area contributed by atoms with Crippen LogP contribution in [0.2, 0.25) is 0 Å². The summed E-state index contributed by atoms with van der Waals surface area (Å²) in [4.78, 5) is 0. The van der Waals surface area contributed by atoms with Crippen molar-refractivity contribution in [1.82, 2.24) is 5.32 Å². The predicted molar refractivity (Wildman–Crippen MR) is 68.3 cm³/mol. The van der Waals surface area contributed by atoms with Crippen LogP contribution < -0.4 is 10.1 Å². The Hall–Kier alpha value is -1.13. The van der Waals surface area contributed by atoms with E-state index in [0.29, 0.717) is 5.92 Å². The molecule has 1 aromatic rings. The van der Waals surface area contributed by atoms with E-state index < -0.39 is 0 Å². The third kappa shape index (κ3) is 2.49. The smallest absolute Gasteiger partial charge is 0.165 e. The molecule has 3 atom stereocenters. The van der Waals surface area contributed by atoms with Crippen LogP contribution >= 0.6 is 0 Å². The number of hydrogen-bond acceptors (Lipinski definition) is 3. The van der Waals surface area contributed by atoms with E-state index in [1.165, 1.54) is 13.2 Å². The normalized spacial score (nSPS) is 25.1. The summed E-state index contributed by atoms with van der Waals surface area (Å²) >= 11 is 0. The van der Waals surface area contributed by atoms with Gasteiger partial charge in [-0.25, -0.2) is 4.39 Å². The van der Waals surface area contributed by atoms with Crippen LogP contribution in [0.3, 0.4) is 0 Å². The van der Waals surface area contributed by atoms with Gasteiger partial charge in [0.1, 0.15) is 0 Å². The Morgan fingerprint density at radius 1 is 1.50 bits per heavy atom. The molecule has 3 unspecified atom stereocenters. The maximum atomic E-state index is 13.7. The fraction of sp³-hybridized carbons (Fsp3) is 0.571. The summed E-state index contributed by atoms with van der Waals surface area (Å²) in [5.41, 5.74) is 0.898. The lowest BCUT2D eigenvalue weighted by Gasteiger charge is -2.26. The van der Waals surface area contributed by atoms with E-state index in [2.05, 4.69) is 12.2 Å². The molecule has 1 saturated heterocycles. The average Bonchev–Trinajstić information content (AvgIpc) is 2.77. The molecule has 0 radical (unpaired) electrons. The van der Waals surface area contributed by atoms with E-state index >= 15 is 0 Å². The van der Waals surface area contributed by atoms with E-state index in [0.717, 1.165) is 18.6 Å². The molecule has 0 amide bonds. The van der Waals surface area contributed by atoms with Crippen molar-refractivity contribution in [3.63, 3.8) is 0 Å². The highest BCUT2D eigenvalue weighted by molar-refractivity contribution is 5.31. The van der Waals surface area contributed by atoms with Crippen LogP contribution in [0.1, 0.15) is 24.9 Å². The SMILES string of the molecule is CNC(c1ccc(OC)c(F)c1)C1OCCC1C. The van der Waals surface area contributed by atoms with Gasteiger partial charge in [0.2, 0.25) is 0 Å². The fourth-order valence-electron chi connectivity index (χ4n) is 2.54. The monoisotopic (exact) mass is 253 g/mol. The van der Waals surface area contributed by atoms with Gasteiger partial charge in [-0.1, -0.05) is 13.0 Å². The lowest BCUT2D eigenvalue weighted by Crippen LogP contribution is -2.32. The van der Waals surface area contributed by atoms with Gasteiger partial charge in [-0.2, -0.15) is 0 Å². The van der Waals surface area contributed by atoms with E-state index in [-0.39, 0.29) is 23.7 Å². The second kappa shape index (κ2) is 5.67. The van der Waals surface area contributed by atoms with Gasteiger partial charge >= 0.3 is 0 Å². The summed E-state index contributed by atoms with van der Waals surface area (Å²) in [6, 6.07) is 5.09. The van der Waals surface area contributed by atoms with Crippen molar-refractivity contribution >= 4 is 0 Å². The number of benzene rings is 1. The minimum Gasteiger partial charge on any atom is -0.494 e. The third-order valence-electron chi connectivity index (χ3n) is 3.62. The molecule has 3 nitrogen and oxygen atoms in total. The van der Waals surface area contributed by atoms with Gasteiger partial charge in [-0.3, -0.25) is 0 Å². The summed E-state index contributed by atoms with van der Waals surface area (Å²) in [6.07, 6.45) is 1.16. The van der Waals surface area contributed by atoms with Gasteiger partial charge in [-0.15, -0.1) is 0 Å². The molecular weight excluding hydrogens is 233 g/mol. The largest absolute Gasteiger partial charge is 0.494 e. The Morgan fingerprint density at radius 3 is 2.78 bits per heavy atom. The Kier molecular flexibility index (Phi) is 4.19. The first-order valence-electron chi connectivity index (χ1n) is 6.29. The van der Waals surface area contributed by atoms with Crippen molar-refractivity contribution in [2.75, 3.05) is 20.8 Å². The predicted octanol–water partition coefficient (Wildman–Crippen LogP) is 2.52. The Balaban J connectivity index is 2.24. The Labute approximate surface area is 107 Å². The lowest BCUT2D eigenvalue weighted by molar-refractivity contribution is 0.0630. The number of methoxy groups -OCH3 is 1. The van der Waals surface area contributed by atoms with E-state index in [1.54, 1.807) is 6.07 Å².